The van der Waals surface area contributed by atoms with Gasteiger partial charge in [-0.05, 0) is 26.6 Å². The normalized spacial score (nSPS) is 10.1. The van der Waals surface area contributed by atoms with Gasteiger partial charge in [-0.15, -0.1) is 0 Å². The van der Waals surface area contributed by atoms with Gasteiger partial charge in [0, 0.05) is 0 Å². The summed E-state index contributed by atoms with van der Waals surface area (Å²) < 4.78 is 26.9. The summed E-state index contributed by atoms with van der Waals surface area (Å²) in [7, 11) is -3.66. The smallest absolute Gasteiger partial charge is 1.00 e. The van der Waals surface area contributed by atoms with Crippen LogP contribution in [0.25, 0.3) is 0 Å². The molecule has 0 aliphatic carbocycles. The monoisotopic (exact) mass is 235 g/mol. The molecule has 4 nitrogen and oxygen atoms in total. The van der Waals surface area contributed by atoms with Crippen molar-refractivity contribution in [2.45, 2.75) is 27.7 Å². The maximum Gasteiger partial charge on any atom is 1.00 e. The summed E-state index contributed by atoms with van der Waals surface area (Å²) in [4.78, 5) is 2.38. The molecule has 84 valence electrons. The van der Waals surface area contributed by atoms with Crippen LogP contribution in [0.15, 0.2) is 0 Å². The van der Waals surface area contributed by atoms with E-state index >= 15 is 0 Å². The second kappa shape index (κ2) is 11.9. The Hall–Kier alpha value is 0.870. The van der Waals surface area contributed by atoms with E-state index in [2.05, 4.69) is 25.7 Å². The van der Waals surface area contributed by atoms with Crippen LogP contribution in [0.4, 0.5) is 0 Å². The fourth-order valence-corrected chi connectivity index (χ4v) is 0.671. The Labute approximate surface area is 112 Å². The van der Waals surface area contributed by atoms with E-state index in [4.69, 9.17) is 4.55 Å². The number of nitrogens with zero attached hydrogens (tertiary/aromatic N) is 1. The quantitative estimate of drug-likeness (QED) is 0.469. The molecule has 0 aromatic heterocycles. The van der Waals surface area contributed by atoms with Gasteiger partial charge in [-0.25, -0.2) is 0 Å². The zero-order chi connectivity index (χ0) is 10.9. The molecule has 0 aliphatic heterocycles. The maximum atomic E-state index is 9.56. The van der Waals surface area contributed by atoms with Crippen LogP contribution in [-0.2, 0) is 10.1 Å². The van der Waals surface area contributed by atoms with Gasteiger partial charge in [0.05, 0.1) is 5.75 Å². The van der Waals surface area contributed by atoms with Crippen molar-refractivity contribution < 1.29 is 44.0 Å². The summed E-state index contributed by atoms with van der Waals surface area (Å²) >= 11 is 0. The third kappa shape index (κ3) is 18.6. The van der Waals surface area contributed by atoms with E-state index in [1.165, 1.54) is 26.6 Å². The Bertz CT molecular complexity index is 191. The first-order chi connectivity index (χ1) is 5.91. The van der Waals surface area contributed by atoms with Gasteiger partial charge >= 0.3 is 29.6 Å². The molecule has 0 rings (SSSR count). The van der Waals surface area contributed by atoms with Gasteiger partial charge in [0.15, 0.2) is 0 Å². The van der Waals surface area contributed by atoms with Crippen molar-refractivity contribution in [3.8, 4) is 0 Å². The van der Waals surface area contributed by atoms with Crippen LogP contribution in [-0.4, -0.2) is 43.3 Å². The fourth-order valence-electron chi connectivity index (χ4n) is 0.671. The van der Waals surface area contributed by atoms with Crippen molar-refractivity contribution >= 4 is 10.1 Å². The molecule has 0 amide bonds. The first-order valence-electron chi connectivity index (χ1n) is 4.58. The van der Waals surface area contributed by atoms with Gasteiger partial charge in [-0.2, -0.15) is 8.42 Å². The minimum atomic E-state index is -3.66. The molecule has 6 heteroatoms. The van der Waals surface area contributed by atoms with E-state index in [1.807, 2.05) is 0 Å². The zero-order valence-corrected chi connectivity index (χ0v) is 12.8. The van der Waals surface area contributed by atoms with Crippen molar-refractivity contribution in [1.82, 2.24) is 4.90 Å². The molecule has 0 heterocycles. The first-order valence-corrected chi connectivity index (χ1v) is 6.19. The topological polar surface area (TPSA) is 57.6 Å². The summed E-state index contributed by atoms with van der Waals surface area (Å²) in [6, 6.07) is 0. The van der Waals surface area contributed by atoms with Crippen LogP contribution in [0.3, 0.4) is 0 Å². The van der Waals surface area contributed by atoms with Crippen LogP contribution in [0, 0.1) is 0 Å². The second-order valence-corrected chi connectivity index (χ2v) is 4.23. The van der Waals surface area contributed by atoms with Crippen molar-refractivity contribution in [1.29, 1.82) is 0 Å². The van der Waals surface area contributed by atoms with Crippen molar-refractivity contribution in [3.05, 3.63) is 0 Å². The van der Waals surface area contributed by atoms with Crippen molar-refractivity contribution in [2.24, 2.45) is 0 Å². The molecule has 1 N–H and O–H groups in total. The molecule has 14 heavy (non-hydrogen) atoms. The van der Waals surface area contributed by atoms with E-state index < -0.39 is 10.1 Å². The van der Waals surface area contributed by atoms with E-state index in [1.54, 1.807) is 0 Å². The van der Waals surface area contributed by atoms with Gasteiger partial charge in [0.25, 0.3) is 10.1 Å². The summed E-state index contributed by atoms with van der Waals surface area (Å²) in [5.74, 6) is -0.201. The van der Waals surface area contributed by atoms with Gasteiger partial charge < -0.3 is 6.33 Å². The summed E-state index contributed by atoms with van der Waals surface area (Å²) in [6.07, 6.45) is 0. The van der Waals surface area contributed by atoms with E-state index in [0.29, 0.717) is 0 Å². The Balaban J connectivity index is -0.0000000718. The third-order valence-electron chi connectivity index (χ3n) is 1.71. The number of rotatable bonds is 4. The molecule has 0 unspecified atom stereocenters. The van der Waals surface area contributed by atoms with Gasteiger partial charge in [0.2, 0.25) is 0 Å². The largest absolute Gasteiger partial charge is 1.00 e. The predicted molar refractivity (Wildman–Crippen MR) is 56.7 cm³/mol. The molecular weight excluding hydrogens is 213 g/mol. The summed E-state index contributed by atoms with van der Waals surface area (Å²) in [5.41, 5.74) is 0. The molecule has 0 aliphatic rings. The first kappa shape index (κ1) is 20.3. The molecule has 0 aromatic carbocycles. The van der Waals surface area contributed by atoms with E-state index in [9.17, 15) is 8.42 Å². The van der Waals surface area contributed by atoms with Gasteiger partial charge in [0.1, 0.15) is 0 Å². The molecule has 0 aromatic rings. The van der Waals surface area contributed by atoms with Crippen LogP contribution in [0.2, 0.25) is 0 Å². The third-order valence-corrected chi connectivity index (χ3v) is 2.44. The number of hydrogen-bond donors (Lipinski definition) is 1. The predicted octanol–water partition coefficient (Wildman–Crippen LogP) is -1.64. The minimum absolute atomic E-state index is 0. The Kier molecular flexibility index (Phi) is 17.3. The van der Waals surface area contributed by atoms with Gasteiger partial charge in [-0.1, -0.05) is 20.8 Å². The Morgan fingerprint density at radius 1 is 1.07 bits per heavy atom. The van der Waals surface area contributed by atoms with E-state index in [-0.39, 0.29) is 36.7 Å². The van der Waals surface area contributed by atoms with E-state index in [0.717, 1.165) is 0 Å². The minimum Gasteiger partial charge on any atom is -1.00 e. The standard InChI is InChI=1S/C6H15N.C2H6O3S.Na.H/c1-4-7(5-2)6-3;1-2-6(3,4)5;;/h4-6H2,1-3H3;2H2,1H3,(H,3,4,5);;/q;;+1;-1. The average molecular weight is 235 g/mol. The molecule has 0 bridgehead atoms. The Morgan fingerprint density at radius 2 is 1.29 bits per heavy atom. The van der Waals surface area contributed by atoms with Crippen molar-refractivity contribution in [3.63, 3.8) is 0 Å². The van der Waals surface area contributed by atoms with Crippen LogP contribution >= 0.6 is 0 Å². The summed E-state index contributed by atoms with van der Waals surface area (Å²) in [6.45, 7) is 11.5. The summed E-state index contributed by atoms with van der Waals surface area (Å²) in [5, 5.41) is 0. The zero-order valence-electron chi connectivity index (χ0n) is 10.9. The molecule has 0 spiro atoms. The molecule has 0 saturated carbocycles. The molecule has 0 saturated heterocycles. The molecule has 0 radical (unpaired) electrons. The molecule has 0 atom stereocenters. The number of hydrogen-bond acceptors (Lipinski definition) is 3. The van der Waals surface area contributed by atoms with Crippen LogP contribution in [0.5, 0.6) is 0 Å². The maximum absolute atomic E-state index is 9.56. The Morgan fingerprint density at radius 3 is 1.29 bits per heavy atom. The van der Waals surface area contributed by atoms with Crippen LogP contribution in [0.1, 0.15) is 29.1 Å². The fraction of sp³-hybridized carbons (Fsp3) is 1.00. The van der Waals surface area contributed by atoms with Crippen LogP contribution < -0.4 is 29.6 Å². The molecular formula is C8H22NNaO3S. The average Bonchev–Trinajstić information content (AvgIpc) is 2.07. The molecule has 0 fully saturated rings. The SMILES string of the molecule is CCN(CC)CC.CCS(=O)(=O)O.[H-].[Na+]. The second-order valence-electron chi connectivity index (χ2n) is 2.49. The van der Waals surface area contributed by atoms with Gasteiger partial charge in [-0.3, -0.25) is 4.55 Å². The van der Waals surface area contributed by atoms with Crippen molar-refractivity contribution in [2.75, 3.05) is 25.4 Å².